The van der Waals surface area contributed by atoms with Gasteiger partial charge < -0.3 is 5.11 Å². The van der Waals surface area contributed by atoms with Gasteiger partial charge in [0.2, 0.25) is 0 Å². The molecule has 0 amide bonds. The van der Waals surface area contributed by atoms with Crippen LogP contribution in [0.4, 0.5) is 8.78 Å². The van der Waals surface area contributed by atoms with Crippen molar-refractivity contribution in [1.82, 2.24) is 4.98 Å². The van der Waals surface area contributed by atoms with Crippen molar-refractivity contribution in [2.24, 2.45) is 0 Å². The summed E-state index contributed by atoms with van der Waals surface area (Å²) in [6, 6.07) is 2.82. The van der Waals surface area contributed by atoms with Crippen molar-refractivity contribution in [2.75, 3.05) is 0 Å². The summed E-state index contributed by atoms with van der Waals surface area (Å²) in [5.74, 6) is 0. The molecule has 1 heterocycles. The van der Waals surface area contributed by atoms with Gasteiger partial charge in [-0.2, -0.15) is 5.26 Å². The van der Waals surface area contributed by atoms with Crippen LogP contribution in [0.3, 0.4) is 0 Å². The maximum Gasteiger partial charge on any atom is 0.267 e. The topological polar surface area (TPSA) is 56.9 Å². The highest BCUT2D eigenvalue weighted by molar-refractivity contribution is 5.37. The van der Waals surface area contributed by atoms with Gasteiger partial charge in [-0.1, -0.05) is 0 Å². The number of aliphatic hydroxyl groups is 1. The van der Waals surface area contributed by atoms with Crippen molar-refractivity contribution in [2.45, 2.75) is 13.0 Å². The second kappa shape index (κ2) is 3.92. The Morgan fingerprint density at radius 2 is 2.31 bits per heavy atom. The molecule has 0 bridgehead atoms. The summed E-state index contributed by atoms with van der Waals surface area (Å²) in [7, 11) is 0. The fourth-order valence-corrected chi connectivity index (χ4v) is 0.984. The standard InChI is InChI=1S/C8H6F2N2O/c9-8(10)7-5(4-13)1-2-12-6(7)3-11/h1-2,8,13H,4H2. The van der Waals surface area contributed by atoms with Crippen LogP contribution in [0.25, 0.3) is 0 Å². The highest BCUT2D eigenvalue weighted by Crippen LogP contribution is 2.24. The molecule has 1 rings (SSSR count). The minimum atomic E-state index is -2.79. The van der Waals surface area contributed by atoms with Gasteiger partial charge >= 0.3 is 0 Å². The molecule has 0 aliphatic carbocycles. The van der Waals surface area contributed by atoms with Gasteiger partial charge in [0.25, 0.3) is 6.43 Å². The highest BCUT2D eigenvalue weighted by atomic mass is 19.3. The lowest BCUT2D eigenvalue weighted by molar-refractivity contribution is 0.146. The lowest BCUT2D eigenvalue weighted by Crippen LogP contribution is -2.00. The number of pyridine rings is 1. The third-order valence-electron chi connectivity index (χ3n) is 1.57. The van der Waals surface area contributed by atoms with Crippen molar-refractivity contribution >= 4 is 0 Å². The van der Waals surface area contributed by atoms with Crippen LogP contribution in [0.2, 0.25) is 0 Å². The zero-order chi connectivity index (χ0) is 9.84. The average molecular weight is 184 g/mol. The first-order valence-electron chi connectivity index (χ1n) is 3.47. The van der Waals surface area contributed by atoms with Crippen molar-refractivity contribution < 1.29 is 13.9 Å². The molecular formula is C8H6F2N2O. The molecule has 0 fully saturated rings. The van der Waals surface area contributed by atoms with E-state index in [0.29, 0.717) is 0 Å². The van der Waals surface area contributed by atoms with Gasteiger partial charge in [0.05, 0.1) is 12.2 Å². The summed E-state index contributed by atoms with van der Waals surface area (Å²) in [6.07, 6.45) is -1.57. The molecule has 0 saturated heterocycles. The van der Waals surface area contributed by atoms with E-state index in [1.807, 2.05) is 0 Å². The van der Waals surface area contributed by atoms with E-state index in [-0.39, 0.29) is 11.3 Å². The zero-order valence-corrected chi connectivity index (χ0v) is 6.54. The van der Waals surface area contributed by atoms with Crippen LogP contribution in [0.5, 0.6) is 0 Å². The van der Waals surface area contributed by atoms with E-state index >= 15 is 0 Å². The number of rotatable bonds is 2. The van der Waals surface area contributed by atoms with E-state index in [0.717, 1.165) is 0 Å². The first kappa shape index (κ1) is 9.55. The quantitative estimate of drug-likeness (QED) is 0.755. The summed E-state index contributed by atoms with van der Waals surface area (Å²) < 4.78 is 24.7. The minimum absolute atomic E-state index is 0.0431. The Morgan fingerprint density at radius 3 is 2.77 bits per heavy atom. The first-order chi connectivity index (χ1) is 6.20. The zero-order valence-electron chi connectivity index (χ0n) is 6.54. The predicted octanol–water partition coefficient (Wildman–Crippen LogP) is 1.38. The number of hydrogen-bond donors (Lipinski definition) is 1. The first-order valence-corrected chi connectivity index (χ1v) is 3.47. The van der Waals surface area contributed by atoms with Crippen LogP contribution in [0, 0.1) is 11.3 Å². The summed E-state index contributed by atoms with van der Waals surface area (Å²) in [4.78, 5) is 3.47. The molecule has 1 N–H and O–H groups in total. The van der Waals surface area contributed by atoms with Crippen LogP contribution in [-0.4, -0.2) is 10.1 Å². The molecule has 0 atom stereocenters. The van der Waals surface area contributed by atoms with Crippen LogP contribution in [0.1, 0.15) is 23.2 Å². The van der Waals surface area contributed by atoms with Crippen molar-refractivity contribution in [1.29, 1.82) is 5.26 Å². The highest BCUT2D eigenvalue weighted by Gasteiger charge is 2.17. The summed E-state index contributed by atoms with van der Waals surface area (Å²) in [6.45, 7) is -0.517. The van der Waals surface area contributed by atoms with Crippen LogP contribution >= 0.6 is 0 Å². The number of alkyl halides is 2. The Hall–Kier alpha value is -1.54. The molecule has 0 aliphatic rings. The summed E-state index contributed by atoms with van der Waals surface area (Å²) in [5, 5.41) is 17.2. The molecule has 0 saturated carbocycles. The normalized spacial score (nSPS) is 10.1. The van der Waals surface area contributed by atoms with Gasteiger partial charge in [-0.25, -0.2) is 13.8 Å². The monoisotopic (exact) mass is 184 g/mol. The molecule has 0 aromatic carbocycles. The van der Waals surface area contributed by atoms with Crippen molar-refractivity contribution in [3.05, 3.63) is 29.1 Å². The molecule has 5 heteroatoms. The summed E-state index contributed by atoms with van der Waals surface area (Å²) in [5.41, 5.74) is -0.768. The number of halogens is 2. The van der Waals surface area contributed by atoms with Crippen molar-refractivity contribution in [3.8, 4) is 6.07 Å². The van der Waals surface area contributed by atoms with E-state index in [9.17, 15) is 8.78 Å². The molecule has 1 aromatic heterocycles. The fourth-order valence-electron chi connectivity index (χ4n) is 0.984. The lowest BCUT2D eigenvalue weighted by Gasteiger charge is -2.06. The third kappa shape index (κ3) is 1.79. The smallest absolute Gasteiger partial charge is 0.267 e. The average Bonchev–Trinajstić information content (AvgIpc) is 2.16. The Balaban J connectivity index is 3.32. The maximum absolute atomic E-state index is 12.4. The largest absolute Gasteiger partial charge is 0.392 e. The van der Waals surface area contributed by atoms with Gasteiger partial charge in [-0.3, -0.25) is 0 Å². The van der Waals surface area contributed by atoms with E-state index in [1.54, 1.807) is 6.07 Å². The van der Waals surface area contributed by atoms with E-state index < -0.39 is 18.6 Å². The van der Waals surface area contributed by atoms with Crippen LogP contribution < -0.4 is 0 Å². The third-order valence-corrected chi connectivity index (χ3v) is 1.57. The van der Waals surface area contributed by atoms with Gasteiger partial charge in [-0.15, -0.1) is 0 Å². The van der Waals surface area contributed by atoms with E-state index in [4.69, 9.17) is 10.4 Å². The Bertz CT molecular complexity index is 346. The Labute approximate surface area is 73.3 Å². The molecule has 13 heavy (non-hydrogen) atoms. The lowest BCUT2D eigenvalue weighted by atomic mass is 10.1. The summed E-state index contributed by atoms with van der Waals surface area (Å²) >= 11 is 0. The Kier molecular flexibility index (Phi) is 2.88. The SMILES string of the molecule is N#Cc1nccc(CO)c1C(F)F. The molecule has 0 radical (unpaired) electrons. The number of nitrogens with zero attached hydrogens (tertiary/aromatic N) is 2. The Morgan fingerprint density at radius 1 is 1.62 bits per heavy atom. The predicted molar refractivity (Wildman–Crippen MR) is 39.8 cm³/mol. The second-order valence-corrected chi connectivity index (χ2v) is 2.30. The van der Waals surface area contributed by atoms with Crippen LogP contribution in [0.15, 0.2) is 12.3 Å². The van der Waals surface area contributed by atoms with Gasteiger partial charge in [0.15, 0.2) is 0 Å². The molecule has 1 aromatic rings. The molecule has 0 aliphatic heterocycles. The second-order valence-electron chi connectivity index (χ2n) is 2.30. The van der Waals surface area contributed by atoms with Gasteiger partial charge in [-0.05, 0) is 11.6 Å². The molecule has 3 nitrogen and oxygen atoms in total. The minimum Gasteiger partial charge on any atom is -0.392 e. The van der Waals surface area contributed by atoms with Gasteiger partial charge in [0, 0.05) is 6.20 Å². The van der Waals surface area contributed by atoms with Gasteiger partial charge in [0.1, 0.15) is 11.8 Å². The molecular weight excluding hydrogens is 178 g/mol. The molecule has 68 valence electrons. The molecule has 0 spiro atoms. The fraction of sp³-hybridized carbons (Fsp3) is 0.250. The number of hydrogen-bond acceptors (Lipinski definition) is 3. The van der Waals surface area contributed by atoms with E-state index in [2.05, 4.69) is 4.98 Å². The van der Waals surface area contributed by atoms with Crippen LogP contribution in [-0.2, 0) is 6.61 Å². The number of aromatic nitrogens is 1. The maximum atomic E-state index is 12.4. The van der Waals surface area contributed by atoms with E-state index in [1.165, 1.54) is 12.3 Å². The number of nitriles is 1. The number of aliphatic hydroxyl groups excluding tert-OH is 1. The molecule has 0 unspecified atom stereocenters. The van der Waals surface area contributed by atoms with Crippen molar-refractivity contribution in [3.63, 3.8) is 0 Å².